The fourth-order valence-electron chi connectivity index (χ4n) is 1.36. The molecule has 1 amide bonds. The van der Waals surface area contributed by atoms with Crippen LogP contribution < -0.4 is 10.6 Å². The van der Waals surface area contributed by atoms with Crippen molar-refractivity contribution in [3.8, 4) is 0 Å². The second kappa shape index (κ2) is 6.36. The number of carboxylic acids is 1. The molecule has 94 valence electrons. The Balaban J connectivity index is 2.40. The lowest BCUT2D eigenvalue weighted by atomic mass is 10.2. The van der Waals surface area contributed by atoms with E-state index in [1.165, 1.54) is 17.4 Å². The summed E-state index contributed by atoms with van der Waals surface area (Å²) in [6.45, 7) is 4.15. The molecule has 0 aliphatic carbocycles. The molecule has 5 nitrogen and oxygen atoms in total. The predicted octanol–water partition coefficient (Wildman–Crippen LogP) is 0.735. The fraction of sp³-hybridized carbons (Fsp3) is 0.455. The maximum atomic E-state index is 10.8. The topological polar surface area (TPSA) is 78.4 Å². The van der Waals surface area contributed by atoms with Gasteiger partial charge in [0, 0.05) is 24.9 Å². The van der Waals surface area contributed by atoms with Gasteiger partial charge in [0.1, 0.15) is 6.04 Å². The van der Waals surface area contributed by atoms with E-state index in [0.717, 1.165) is 0 Å². The van der Waals surface area contributed by atoms with Gasteiger partial charge in [0.25, 0.3) is 0 Å². The maximum Gasteiger partial charge on any atom is 0.327 e. The number of thiophene rings is 1. The molecule has 17 heavy (non-hydrogen) atoms. The van der Waals surface area contributed by atoms with Gasteiger partial charge in [-0.25, -0.2) is 4.79 Å². The molecule has 1 atom stereocenters. The highest BCUT2D eigenvalue weighted by molar-refractivity contribution is 7.10. The maximum absolute atomic E-state index is 10.8. The third kappa shape index (κ3) is 4.54. The van der Waals surface area contributed by atoms with Crippen molar-refractivity contribution in [2.24, 2.45) is 0 Å². The van der Waals surface area contributed by atoms with Gasteiger partial charge in [0.15, 0.2) is 0 Å². The molecule has 1 unspecified atom stereocenters. The number of nitrogens with one attached hydrogen (secondary N) is 2. The predicted molar refractivity (Wildman–Crippen MR) is 66.0 cm³/mol. The van der Waals surface area contributed by atoms with Crippen molar-refractivity contribution in [3.05, 3.63) is 21.9 Å². The van der Waals surface area contributed by atoms with Crippen LogP contribution in [0.5, 0.6) is 0 Å². The van der Waals surface area contributed by atoms with Crippen molar-refractivity contribution >= 4 is 23.2 Å². The molecule has 1 aromatic rings. The van der Waals surface area contributed by atoms with Crippen molar-refractivity contribution < 1.29 is 14.7 Å². The van der Waals surface area contributed by atoms with Crippen LogP contribution in [0.2, 0.25) is 0 Å². The van der Waals surface area contributed by atoms with Gasteiger partial charge in [0.05, 0.1) is 0 Å². The molecule has 1 heterocycles. The first kappa shape index (κ1) is 13.7. The smallest absolute Gasteiger partial charge is 0.327 e. The molecule has 3 N–H and O–H groups in total. The van der Waals surface area contributed by atoms with E-state index in [1.807, 2.05) is 18.4 Å². The molecule has 6 heteroatoms. The van der Waals surface area contributed by atoms with E-state index in [1.54, 1.807) is 11.3 Å². The third-order valence-corrected chi connectivity index (χ3v) is 3.30. The average Bonchev–Trinajstić information content (AvgIpc) is 2.62. The lowest BCUT2D eigenvalue weighted by Gasteiger charge is -2.13. The highest BCUT2D eigenvalue weighted by Crippen LogP contribution is 2.14. The molecule has 0 spiro atoms. The van der Waals surface area contributed by atoms with Gasteiger partial charge >= 0.3 is 5.97 Å². The van der Waals surface area contributed by atoms with Crippen molar-refractivity contribution in [2.45, 2.75) is 26.4 Å². The van der Waals surface area contributed by atoms with Gasteiger partial charge in [-0.3, -0.25) is 4.79 Å². The molecule has 0 aliphatic heterocycles. The Morgan fingerprint density at radius 3 is 2.71 bits per heavy atom. The van der Waals surface area contributed by atoms with E-state index >= 15 is 0 Å². The lowest BCUT2D eigenvalue weighted by molar-refractivity contribution is -0.141. The van der Waals surface area contributed by atoms with Crippen LogP contribution in [0.1, 0.15) is 17.4 Å². The van der Waals surface area contributed by atoms with Gasteiger partial charge in [-0.15, -0.1) is 11.3 Å². The zero-order chi connectivity index (χ0) is 12.8. The van der Waals surface area contributed by atoms with Crippen LogP contribution in [0.15, 0.2) is 11.4 Å². The van der Waals surface area contributed by atoms with Crippen LogP contribution in [-0.2, 0) is 16.1 Å². The Kier molecular flexibility index (Phi) is 5.11. The number of rotatable bonds is 6. The lowest BCUT2D eigenvalue weighted by Crippen LogP contribution is -2.46. The minimum atomic E-state index is -1.03. The van der Waals surface area contributed by atoms with Gasteiger partial charge in [-0.2, -0.15) is 0 Å². The normalized spacial score (nSPS) is 12.1. The van der Waals surface area contributed by atoms with Crippen molar-refractivity contribution in [3.63, 3.8) is 0 Å². The number of amides is 1. The third-order valence-electron chi connectivity index (χ3n) is 2.28. The molecule has 0 bridgehead atoms. The number of carbonyl (C=O) groups excluding carboxylic acids is 1. The molecule has 0 saturated heterocycles. The van der Waals surface area contributed by atoms with Crippen LogP contribution >= 0.6 is 11.3 Å². The van der Waals surface area contributed by atoms with Gasteiger partial charge in [-0.1, -0.05) is 0 Å². The summed E-state index contributed by atoms with van der Waals surface area (Å²) in [5.41, 5.74) is 1.19. The first-order valence-electron chi connectivity index (χ1n) is 5.24. The van der Waals surface area contributed by atoms with E-state index in [4.69, 9.17) is 5.11 Å². The fourth-order valence-corrected chi connectivity index (χ4v) is 2.24. The Morgan fingerprint density at radius 2 is 2.24 bits per heavy atom. The molecule has 0 fully saturated rings. The van der Waals surface area contributed by atoms with Crippen molar-refractivity contribution in [1.82, 2.24) is 10.6 Å². The summed E-state index contributed by atoms with van der Waals surface area (Å²) < 4.78 is 0. The molecule has 1 rings (SSSR count). The van der Waals surface area contributed by atoms with Crippen molar-refractivity contribution in [2.75, 3.05) is 6.54 Å². The highest BCUT2D eigenvalue weighted by atomic mass is 32.1. The van der Waals surface area contributed by atoms with E-state index < -0.39 is 12.0 Å². The molecule has 0 aliphatic rings. The van der Waals surface area contributed by atoms with Crippen molar-refractivity contribution in [1.29, 1.82) is 0 Å². The number of hydrogen-bond donors (Lipinski definition) is 3. The number of aliphatic carboxylic acids is 1. The highest BCUT2D eigenvalue weighted by Gasteiger charge is 2.17. The van der Waals surface area contributed by atoms with E-state index in [9.17, 15) is 9.59 Å². The summed E-state index contributed by atoms with van der Waals surface area (Å²) in [6, 6.07) is 1.14. The minimum Gasteiger partial charge on any atom is -0.480 e. The molecule has 0 saturated carbocycles. The van der Waals surface area contributed by atoms with Crippen LogP contribution in [0.4, 0.5) is 0 Å². The zero-order valence-electron chi connectivity index (χ0n) is 9.82. The Bertz CT molecular complexity index is 403. The first-order valence-corrected chi connectivity index (χ1v) is 6.12. The Hall–Kier alpha value is -1.40. The molecule has 1 aromatic heterocycles. The molecular formula is C11H16N2O3S. The second-order valence-corrected chi connectivity index (χ2v) is 4.75. The summed E-state index contributed by atoms with van der Waals surface area (Å²) in [5.74, 6) is -1.37. The van der Waals surface area contributed by atoms with E-state index in [0.29, 0.717) is 6.54 Å². The van der Waals surface area contributed by atoms with E-state index in [2.05, 4.69) is 10.6 Å². The quantitative estimate of drug-likeness (QED) is 0.701. The first-order chi connectivity index (χ1) is 8.00. The summed E-state index contributed by atoms with van der Waals surface area (Å²) in [6.07, 6.45) is 0. The summed E-state index contributed by atoms with van der Waals surface area (Å²) in [5, 5.41) is 16.3. The summed E-state index contributed by atoms with van der Waals surface area (Å²) in [4.78, 5) is 22.8. The zero-order valence-corrected chi connectivity index (χ0v) is 10.6. The Morgan fingerprint density at radius 1 is 1.53 bits per heavy atom. The standard InChI is InChI=1S/C11H16N2O3S/c1-7-3-4-17-10(7)6-12-5-9(11(15)16)13-8(2)14/h3-4,9,12H,5-6H2,1-2H3,(H,13,14)(H,15,16). The Labute approximate surface area is 104 Å². The second-order valence-electron chi connectivity index (χ2n) is 3.75. The van der Waals surface area contributed by atoms with Crippen LogP contribution in [-0.4, -0.2) is 29.6 Å². The van der Waals surface area contributed by atoms with Gasteiger partial charge in [0.2, 0.25) is 5.91 Å². The van der Waals surface area contributed by atoms with Gasteiger partial charge < -0.3 is 15.7 Å². The summed E-state index contributed by atoms with van der Waals surface area (Å²) in [7, 11) is 0. The van der Waals surface area contributed by atoms with Gasteiger partial charge in [-0.05, 0) is 23.9 Å². The SMILES string of the molecule is CC(=O)NC(CNCc1sccc1C)C(=O)O. The minimum absolute atomic E-state index is 0.215. The number of carbonyl (C=O) groups is 2. The molecule has 0 radical (unpaired) electrons. The average molecular weight is 256 g/mol. The van der Waals surface area contributed by atoms with Crippen LogP contribution in [0.25, 0.3) is 0 Å². The summed E-state index contributed by atoms with van der Waals surface area (Å²) >= 11 is 1.63. The van der Waals surface area contributed by atoms with E-state index in [-0.39, 0.29) is 12.5 Å². The van der Waals surface area contributed by atoms with Crippen LogP contribution in [0, 0.1) is 6.92 Å². The largest absolute Gasteiger partial charge is 0.480 e. The number of aryl methyl sites for hydroxylation is 1. The number of carboxylic acid groups (broad SMARTS) is 1. The molecule has 0 aromatic carbocycles. The monoisotopic (exact) mass is 256 g/mol. The molecular weight excluding hydrogens is 240 g/mol. The number of hydrogen-bond acceptors (Lipinski definition) is 4. The van der Waals surface area contributed by atoms with Crippen LogP contribution in [0.3, 0.4) is 0 Å².